The molecular formula is C8H18O2. The van der Waals surface area contributed by atoms with E-state index in [2.05, 4.69) is 0 Å². The highest BCUT2D eigenvalue weighted by Crippen LogP contribution is 2.08. The molecule has 0 aromatic heterocycles. The van der Waals surface area contributed by atoms with Crippen LogP contribution in [0.1, 0.15) is 27.7 Å². The van der Waals surface area contributed by atoms with Gasteiger partial charge in [0, 0.05) is 12.5 Å². The van der Waals surface area contributed by atoms with Crippen molar-refractivity contribution in [2.45, 2.75) is 33.3 Å². The van der Waals surface area contributed by atoms with Crippen molar-refractivity contribution in [2.24, 2.45) is 5.92 Å². The first kappa shape index (κ1) is 9.92. The zero-order valence-corrected chi connectivity index (χ0v) is 7.35. The highest BCUT2D eigenvalue weighted by molar-refractivity contribution is 4.60. The Bertz CT molecular complexity index is 83.7. The van der Waals surface area contributed by atoms with Crippen molar-refractivity contribution < 1.29 is 9.84 Å². The monoisotopic (exact) mass is 146 g/mol. The first-order chi connectivity index (χ1) is 4.45. The van der Waals surface area contributed by atoms with Crippen LogP contribution in [-0.4, -0.2) is 23.9 Å². The minimum absolute atomic E-state index is 0.0799. The topological polar surface area (TPSA) is 29.5 Å². The van der Waals surface area contributed by atoms with Crippen molar-refractivity contribution in [1.82, 2.24) is 0 Å². The summed E-state index contributed by atoms with van der Waals surface area (Å²) >= 11 is 0. The summed E-state index contributed by atoms with van der Waals surface area (Å²) < 4.78 is 5.42. The van der Waals surface area contributed by atoms with Gasteiger partial charge in [-0.25, -0.2) is 0 Å². The summed E-state index contributed by atoms with van der Waals surface area (Å²) in [6.45, 7) is 8.84. The summed E-state index contributed by atoms with van der Waals surface area (Å²) in [6.07, 6.45) is 0. The second-order valence-electron chi connectivity index (χ2n) is 3.71. The summed E-state index contributed by atoms with van der Waals surface area (Å²) in [5.74, 6) is 0.249. The molecule has 0 amide bonds. The number of hydrogen-bond donors (Lipinski definition) is 1. The van der Waals surface area contributed by atoms with Gasteiger partial charge in [0.15, 0.2) is 0 Å². The Morgan fingerprint density at radius 3 is 2.20 bits per heavy atom. The highest BCUT2D eigenvalue weighted by atomic mass is 16.5. The Balaban J connectivity index is 3.36. The van der Waals surface area contributed by atoms with Gasteiger partial charge in [0.2, 0.25) is 0 Å². The minimum Gasteiger partial charge on any atom is -0.396 e. The number of aliphatic hydroxyl groups is 1. The smallest absolute Gasteiger partial charge is 0.0598 e. The van der Waals surface area contributed by atoms with Gasteiger partial charge in [-0.05, 0) is 20.8 Å². The van der Waals surface area contributed by atoms with Crippen LogP contribution in [0.5, 0.6) is 0 Å². The minimum atomic E-state index is -0.0799. The molecule has 2 heteroatoms. The van der Waals surface area contributed by atoms with E-state index >= 15 is 0 Å². The summed E-state index contributed by atoms with van der Waals surface area (Å²) in [6, 6.07) is 0. The van der Waals surface area contributed by atoms with Crippen molar-refractivity contribution >= 4 is 0 Å². The van der Waals surface area contributed by atoms with Crippen LogP contribution in [0.25, 0.3) is 0 Å². The van der Waals surface area contributed by atoms with Gasteiger partial charge in [-0.2, -0.15) is 0 Å². The molecule has 2 nitrogen and oxygen atoms in total. The van der Waals surface area contributed by atoms with Crippen molar-refractivity contribution in [1.29, 1.82) is 0 Å². The Labute approximate surface area is 63.2 Å². The normalized spacial score (nSPS) is 15.3. The lowest BCUT2D eigenvalue weighted by molar-refractivity contribution is -0.0274. The molecule has 1 unspecified atom stereocenters. The van der Waals surface area contributed by atoms with Crippen LogP contribution in [0.2, 0.25) is 0 Å². The van der Waals surface area contributed by atoms with Crippen molar-refractivity contribution in [3.63, 3.8) is 0 Å². The van der Waals surface area contributed by atoms with Crippen LogP contribution >= 0.6 is 0 Å². The quantitative estimate of drug-likeness (QED) is 0.652. The second kappa shape index (κ2) is 3.94. The van der Waals surface area contributed by atoms with Crippen LogP contribution < -0.4 is 0 Å². The van der Waals surface area contributed by atoms with Gasteiger partial charge in [-0.1, -0.05) is 6.92 Å². The molecule has 10 heavy (non-hydrogen) atoms. The van der Waals surface area contributed by atoms with E-state index < -0.39 is 0 Å². The van der Waals surface area contributed by atoms with Gasteiger partial charge < -0.3 is 9.84 Å². The molecule has 0 bridgehead atoms. The summed E-state index contributed by atoms with van der Waals surface area (Å²) in [4.78, 5) is 0. The Morgan fingerprint density at radius 1 is 1.40 bits per heavy atom. The van der Waals surface area contributed by atoms with E-state index in [1.807, 2.05) is 27.7 Å². The highest BCUT2D eigenvalue weighted by Gasteiger charge is 2.11. The molecule has 0 heterocycles. The third-order valence-electron chi connectivity index (χ3n) is 1.11. The van der Waals surface area contributed by atoms with E-state index in [1.165, 1.54) is 0 Å². The van der Waals surface area contributed by atoms with Crippen molar-refractivity contribution in [2.75, 3.05) is 13.2 Å². The second-order valence-corrected chi connectivity index (χ2v) is 3.71. The van der Waals surface area contributed by atoms with E-state index in [4.69, 9.17) is 9.84 Å². The average Bonchev–Trinajstić information content (AvgIpc) is 1.81. The molecule has 1 N–H and O–H groups in total. The molecule has 0 rings (SSSR count). The number of hydrogen-bond acceptors (Lipinski definition) is 2. The molecule has 62 valence electrons. The lowest BCUT2D eigenvalue weighted by atomic mass is 10.1. The molecule has 0 aliphatic carbocycles. The molecule has 0 aliphatic rings. The van der Waals surface area contributed by atoms with Crippen LogP contribution in [0.4, 0.5) is 0 Å². The Hall–Kier alpha value is -0.0800. The van der Waals surface area contributed by atoms with Gasteiger partial charge >= 0.3 is 0 Å². The van der Waals surface area contributed by atoms with Crippen LogP contribution in [-0.2, 0) is 4.74 Å². The average molecular weight is 146 g/mol. The van der Waals surface area contributed by atoms with E-state index in [9.17, 15) is 0 Å². The number of aliphatic hydroxyl groups excluding tert-OH is 1. The fourth-order valence-electron chi connectivity index (χ4n) is 0.445. The molecule has 0 saturated heterocycles. The van der Waals surface area contributed by atoms with Gasteiger partial charge in [0.1, 0.15) is 0 Å². The number of ether oxygens (including phenoxy) is 1. The SMILES string of the molecule is CC(CO)COC(C)(C)C. The zero-order chi connectivity index (χ0) is 8.20. The van der Waals surface area contributed by atoms with Crippen molar-refractivity contribution in [3.05, 3.63) is 0 Å². The lowest BCUT2D eigenvalue weighted by Crippen LogP contribution is -2.23. The maximum atomic E-state index is 8.65. The predicted octanol–water partition coefficient (Wildman–Crippen LogP) is 1.43. The van der Waals surface area contributed by atoms with Crippen LogP contribution in [0, 0.1) is 5.92 Å². The molecule has 0 fully saturated rings. The maximum Gasteiger partial charge on any atom is 0.0598 e. The van der Waals surface area contributed by atoms with Crippen LogP contribution in [0.15, 0.2) is 0 Å². The molecule has 0 spiro atoms. The molecule has 1 atom stereocenters. The molecule has 0 radical (unpaired) electrons. The third kappa shape index (κ3) is 6.05. The zero-order valence-electron chi connectivity index (χ0n) is 7.35. The summed E-state index contributed by atoms with van der Waals surface area (Å²) in [5, 5.41) is 8.65. The first-order valence-corrected chi connectivity index (χ1v) is 3.70. The van der Waals surface area contributed by atoms with Crippen molar-refractivity contribution in [3.8, 4) is 0 Å². The van der Waals surface area contributed by atoms with Gasteiger partial charge in [-0.15, -0.1) is 0 Å². The predicted molar refractivity (Wildman–Crippen MR) is 42.0 cm³/mol. The lowest BCUT2D eigenvalue weighted by Gasteiger charge is -2.21. The van der Waals surface area contributed by atoms with Gasteiger partial charge in [-0.3, -0.25) is 0 Å². The Kier molecular flexibility index (Phi) is 3.91. The van der Waals surface area contributed by atoms with E-state index in [0.717, 1.165) is 0 Å². The summed E-state index contributed by atoms with van der Waals surface area (Å²) in [7, 11) is 0. The largest absolute Gasteiger partial charge is 0.396 e. The summed E-state index contributed by atoms with van der Waals surface area (Å²) in [5.41, 5.74) is -0.0799. The fraction of sp³-hybridized carbons (Fsp3) is 1.00. The van der Waals surface area contributed by atoms with Crippen LogP contribution in [0.3, 0.4) is 0 Å². The third-order valence-corrected chi connectivity index (χ3v) is 1.11. The number of rotatable bonds is 3. The standard InChI is InChI=1S/C8H18O2/c1-7(5-9)6-10-8(2,3)4/h7,9H,5-6H2,1-4H3. The van der Waals surface area contributed by atoms with E-state index in [1.54, 1.807) is 0 Å². The first-order valence-electron chi connectivity index (χ1n) is 3.70. The van der Waals surface area contributed by atoms with Gasteiger partial charge in [0.25, 0.3) is 0 Å². The Morgan fingerprint density at radius 2 is 1.90 bits per heavy atom. The fourth-order valence-corrected chi connectivity index (χ4v) is 0.445. The molecule has 0 aromatic carbocycles. The molecule has 0 aromatic rings. The maximum absolute atomic E-state index is 8.65. The molecule has 0 saturated carbocycles. The van der Waals surface area contributed by atoms with E-state index in [0.29, 0.717) is 6.61 Å². The molecule has 0 aliphatic heterocycles. The van der Waals surface area contributed by atoms with E-state index in [-0.39, 0.29) is 18.1 Å². The van der Waals surface area contributed by atoms with Gasteiger partial charge in [0.05, 0.1) is 12.2 Å². The molecular weight excluding hydrogens is 128 g/mol.